The van der Waals surface area contributed by atoms with Gasteiger partial charge in [-0.05, 0) is 40.0 Å². The van der Waals surface area contributed by atoms with Gasteiger partial charge in [0.05, 0.1) is 5.60 Å². The van der Waals surface area contributed by atoms with E-state index >= 15 is 0 Å². The first-order chi connectivity index (χ1) is 10.7. The lowest BCUT2D eigenvalue weighted by molar-refractivity contribution is -0.0979. The van der Waals surface area contributed by atoms with Gasteiger partial charge in [0.15, 0.2) is 5.82 Å². The van der Waals surface area contributed by atoms with Crippen molar-refractivity contribution in [3.8, 4) is 0 Å². The molecule has 0 aromatic carbocycles. The number of ether oxygens (including phenoxy) is 2. The summed E-state index contributed by atoms with van der Waals surface area (Å²) < 4.78 is 13.3. The van der Waals surface area contributed by atoms with Crippen LogP contribution in [-0.2, 0) is 23.1 Å². The van der Waals surface area contributed by atoms with E-state index in [0.717, 1.165) is 25.1 Å². The number of carbonyl (C=O) groups is 1. The Morgan fingerprint density at radius 1 is 1.35 bits per heavy atom. The van der Waals surface area contributed by atoms with E-state index in [1.165, 1.54) is 6.33 Å². The largest absolute Gasteiger partial charge is 0.444 e. The summed E-state index contributed by atoms with van der Waals surface area (Å²) in [6, 6.07) is 0. The third kappa shape index (κ3) is 4.67. The van der Waals surface area contributed by atoms with E-state index in [1.54, 1.807) is 9.58 Å². The highest BCUT2D eigenvalue weighted by atomic mass is 16.6. The molecule has 1 amide bonds. The molecule has 0 atom stereocenters. The Kier molecular flexibility index (Phi) is 5.29. The number of hydrogen-bond acceptors (Lipinski definition) is 5. The highest BCUT2D eigenvalue weighted by molar-refractivity contribution is 5.68. The van der Waals surface area contributed by atoms with Crippen molar-refractivity contribution in [3.05, 3.63) is 12.2 Å². The Balaban J connectivity index is 1.89. The fourth-order valence-corrected chi connectivity index (χ4v) is 2.69. The standard InChI is InChI=1S/C16H28N4O3/c1-6-16(22-11-13-17-12-18-19(13)5)7-9-20(10-8-16)14(21)23-15(2,3)4/h12H,6-11H2,1-5H3. The minimum absolute atomic E-state index is 0.204. The monoisotopic (exact) mass is 324 g/mol. The molecule has 0 N–H and O–H groups in total. The Labute approximate surface area is 138 Å². The van der Waals surface area contributed by atoms with Crippen LogP contribution < -0.4 is 0 Å². The van der Waals surface area contributed by atoms with Gasteiger partial charge >= 0.3 is 6.09 Å². The van der Waals surface area contributed by atoms with E-state index in [-0.39, 0.29) is 11.7 Å². The zero-order valence-corrected chi connectivity index (χ0v) is 14.8. The summed E-state index contributed by atoms with van der Waals surface area (Å²) in [4.78, 5) is 18.1. The van der Waals surface area contributed by atoms with Crippen molar-refractivity contribution in [2.24, 2.45) is 7.05 Å². The smallest absolute Gasteiger partial charge is 0.410 e. The number of hydrogen-bond donors (Lipinski definition) is 0. The normalized spacial score (nSPS) is 18.0. The van der Waals surface area contributed by atoms with Gasteiger partial charge in [-0.3, -0.25) is 4.68 Å². The maximum atomic E-state index is 12.1. The molecule has 1 fully saturated rings. The van der Waals surface area contributed by atoms with Gasteiger partial charge in [0.1, 0.15) is 18.5 Å². The van der Waals surface area contributed by atoms with E-state index in [1.807, 2.05) is 27.8 Å². The zero-order chi connectivity index (χ0) is 17.1. The van der Waals surface area contributed by atoms with Crippen LogP contribution in [0.5, 0.6) is 0 Å². The molecular weight excluding hydrogens is 296 g/mol. The highest BCUT2D eigenvalue weighted by Crippen LogP contribution is 2.31. The Bertz CT molecular complexity index is 528. The molecule has 2 rings (SSSR count). The third-order valence-electron chi connectivity index (χ3n) is 4.28. The number of amides is 1. The summed E-state index contributed by atoms with van der Waals surface area (Å²) in [5.74, 6) is 0.812. The van der Waals surface area contributed by atoms with Gasteiger partial charge < -0.3 is 14.4 Å². The van der Waals surface area contributed by atoms with E-state index in [9.17, 15) is 4.79 Å². The van der Waals surface area contributed by atoms with Crippen molar-refractivity contribution in [2.45, 2.75) is 64.8 Å². The Hall–Kier alpha value is -1.63. The molecule has 1 aliphatic heterocycles. The van der Waals surface area contributed by atoms with Crippen LogP contribution in [0.1, 0.15) is 52.8 Å². The van der Waals surface area contributed by atoms with Crippen LogP contribution in [0.15, 0.2) is 6.33 Å². The first kappa shape index (κ1) is 17.7. The van der Waals surface area contributed by atoms with Gasteiger partial charge in [0.25, 0.3) is 0 Å². The van der Waals surface area contributed by atoms with Crippen LogP contribution in [0.3, 0.4) is 0 Å². The number of rotatable bonds is 4. The van der Waals surface area contributed by atoms with Crippen LogP contribution >= 0.6 is 0 Å². The molecule has 0 radical (unpaired) electrons. The molecule has 7 heteroatoms. The molecule has 0 unspecified atom stereocenters. The molecule has 23 heavy (non-hydrogen) atoms. The van der Waals surface area contributed by atoms with Crippen LogP contribution in [0.4, 0.5) is 4.79 Å². The van der Waals surface area contributed by atoms with E-state index in [4.69, 9.17) is 9.47 Å². The quantitative estimate of drug-likeness (QED) is 0.851. The molecule has 1 aromatic rings. The number of aryl methyl sites for hydroxylation is 1. The second-order valence-corrected chi connectivity index (χ2v) is 7.09. The molecule has 0 aliphatic carbocycles. The summed E-state index contributed by atoms with van der Waals surface area (Å²) in [5, 5.41) is 4.05. The average Bonchev–Trinajstić information content (AvgIpc) is 2.89. The first-order valence-electron chi connectivity index (χ1n) is 8.19. The molecule has 1 aliphatic rings. The van der Waals surface area contributed by atoms with Gasteiger partial charge in [-0.2, -0.15) is 5.10 Å². The van der Waals surface area contributed by atoms with Crippen LogP contribution in [-0.4, -0.2) is 50.0 Å². The van der Waals surface area contributed by atoms with E-state index in [2.05, 4.69) is 17.0 Å². The van der Waals surface area contributed by atoms with Crippen molar-refractivity contribution in [1.82, 2.24) is 19.7 Å². The van der Waals surface area contributed by atoms with E-state index in [0.29, 0.717) is 19.7 Å². The SMILES string of the molecule is CCC1(OCc2ncnn2C)CCN(C(=O)OC(C)(C)C)CC1. The summed E-state index contributed by atoms with van der Waals surface area (Å²) in [7, 11) is 1.86. The average molecular weight is 324 g/mol. The molecule has 0 bridgehead atoms. The van der Waals surface area contributed by atoms with E-state index < -0.39 is 5.60 Å². The highest BCUT2D eigenvalue weighted by Gasteiger charge is 2.36. The number of nitrogens with zero attached hydrogens (tertiary/aromatic N) is 4. The number of carbonyl (C=O) groups excluding carboxylic acids is 1. The van der Waals surface area contributed by atoms with Crippen molar-refractivity contribution in [1.29, 1.82) is 0 Å². The first-order valence-corrected chi connectivity index (χ1v) is 8.19. The lowest BCUT2D eigenvalue weighted by Crippen LogP contribution is -2.49. The molecule has 1 aromatic heterocycles. The third-order valence-corrected chi connectivity index (χ3v) is 4.28. The number of likely N-dealkylation sites (tertiary alicyclic amines) is 1. The molecule has 130 valence electrons. The van der Waals surface area contributed by atoms with Crippen LogP contribution in [0.25, 0.3) is 0 Å². The molecule has 1 saturated heterocycles. The second-order valence-electron chi connectivity index (χ2n) is 7.09. The molecule has 0 saturated carbocycles. The summed E-state index contributed by atoms with van der Waals surface area (Å²) >= 11 is 0. The van der Waals surface area contributed by atoms with Crippen molar-refractivity contribution >= 4 is 6.09 Å². The minimum Gasteiger partial charge on any atom is -0.444 e. The topological polar surface area (TPSA) is 69.5 Å². The summed E-state index contributed by atoms with van der Waals surface area (Å²) in [6.45, 7) is 9.53. The fourth-order valence-electron chi connectivity index (χ4n) is 2.69. The van der Waals surface area contributed by atoms with Gasteiger partial charge in [0, 0.05) is 20.1 Å². The summed E-state index contributed by atoms with van der Waals surface area (Å²) in [5.41, 5.74) is -0.664. The molecule has 7 nitrogen and oxygen atoms in total. The second kappa shape index (κ2) is 6.86. The zero-order valence-electron chi connectivity index (χ0n) is 14.8. The van der Waals surface area contributed by atoms with Crippen LogP contribution in [0.2, 0.25) is 0 Å². The van der Waals surface area contributed by atoms with Crippen LogP contribution in [0, 0.1) is 0 Å². The maximum Gasteiger partial charge on any atom is 0.410 e. The van der Waals surface area contributed by atoms with Crippen molar-refractivity contribution in [2.75, 3.05) is 13.1 Å². The van der Waals surface area contributed by atoms with Crippen molar-refractivity contribution < 1.29 is 14.3 Å². The number of aromatic nitrogens is 3. The molecule has 0 spiro atoms. The Morgan fingerprint density at radius 2 is 2.00 bits per heavy atom. The van der Waals surface area contributed by atoms with Crippen molar-refractivity contribution in [3.63, 3.8) is 0 Å². The maximum absolute atomic E-state index is 12.1. The van der Waals surface area contributed by atoms with Gasteiger partial charge in [0.2, 0.25) is 0 Å². The lowest BCUT2D eigenvalue weighted by Gasteiger charge is -2.41. The fraction of sp³-hybridized carbons (Fsp3) is 0.812. The predicted octanol–water partition coefficient (Wildman–Crippen LogP) is 2.51. The van der Waals surface area contributed by atoms with Gasteiger partial charge in [-0.1, -0.05) is 6.92 Å². The van der Waals surface area contributed by atoms with Gasteiger partial charge in [-0.25, -0.2) is 9.78 Å². The van der Waals surface area contributed by atoms with Gasteiger partial charge in [-0.15, -0.1) is 0 Å². The predicted molar refractivity (Wildman–Crippen MR) is 85.9 cm³/mol. The minimum atomic E-state index is -0.460. The Morgan fingerprint density at radius 3 is 2.48 bits per heavy atom. The summed E-state index contributed by atoms with van der Waals surface area (Å²) in [6.07, 6.45) is 3.81. The lowest BCUT2D eigenvalue weighted by atomic mass is 9.88. The number of piperidine rings is 1. The molecule has 2 heterocycles. The molecular formula is C16H28N4O3.